The Kier molecular flexibility index (Phi) is 9.20. The van der Waals surface area contributed by atoms with Gasteiger partial charge in [-0.3, -0.25) is 0 Å². The second-order valence-electron chi connectivity index (χ2n) is 8.03. The lowest BCUT2D eigenvalue weighted by Gasteiger charge is -2.17. The van der Waals surface area contributed by atoms with Crippen molar-refractivity contribution in [2.24, 2.45) is 0 Å². The summed E-state index contributed by atoms with van der Waals surface area (Å²) in [5.74, 6) is 0.0229. The van der Waals surface area contributed by atoms with Gasteiger partial charge in [0.15, 0.2) is 0 Å². The smallest absolute Gasteiger partial charge is 0.381 e. The molecule has 0 radical (unpaired) electrons. The van der Waals surface area contributed by atoms with Crippen molar-refractivity contribution in [3.05, 3.63) is 93.0 Å². The van der Waals surface area contributed by atoms with Gasteiger partial charge in [0.05, 0.1) is 6.61 Å². The molecule has 3 aromatic carbocycles. The van der Waals surface area contributed by atoms with E-state index in [1.165, 1.54) is 12.1 Å². The average Bonchev–Trinajstić information content (AvgIpc) is 2.81. The zero-order valence-corrected chi connectivity index (χ0v) is 20.8. The number of hydrogen-bond donors (Lipinski definition) is 0. The lowest BCUT2D eigenvalue weighted by Crippen LogP contribution is -2.24. The molecule has 0 saturated heterocycles. The summed E-state index contributed by atoms with van der Waals surface area (Å²) >= 11 is 12.9. The van der Waals surface area contributed by atoms with Crippen LogP contribution in [0.3, 0.4) is 0 Å². The Bertz CT molecular complexity index is 1100. The fraction of sp³-hybridized carbons (Fsp3) is 0.296. The summed E-state index contributed by atoms with van der Waals surface area (Å²) in [6, 6.07) is 18.9. The SMILES string of the molecule is CCOC(=O)C(F)Oc1cc(Cl)c(Cc2ccc(OCc3ccccc3)c(C(C)C)c2)c(Cl)c1. The summed E-state index contributed by atoms with van der Waals surface area (Å²) in [4.78, 5) is 11.5. The second-order valence-corrected chi connectivity index (χ2v) is 8.84. The number of hydrogen-bond acceptors (Lipinski definition) is 4. The second kappa shape index (κ2) is 12.1. The van der Waals surface area contributed by atoms with Crippen molar-refractivity contribution in [3.8, 4) is 11.5 Å². The summed E-state index contributed by atoms with van der Waals surface area (Å²) < 4.78 is 29.6. The van der Waals surface area contributed by atoms with Crippen LogP contribution in [0.25, 0.3) is 0 Å². The third-order valence-electron chi connectivity index (χ3n) is 5.14. The highest BCUT2D eigenvalue weighted by molar-refractivity contribution is 6.36. The molecule has 3 rings (SSSR count). The van der Waals surface area contributed by atoms with E-state index in [1.54, 1.807) is 6.92 Å². The van der Waals surface area contributed by atoms with Crippen LogP contribution in [0.1, 0.15) is 48.9 Å². The van der Waals surface area contributed by atoms with E-state index in [2.05, 4.69) is 24.7 Å². The van der Waals surface area contributed by atoms with E-state index in [-0.39, 0.29) is 18.3 Å². The average molecular weight is 505 g/mol. The number of alkyl halides is 1. The molecule has 1 unspecified atom stereocenters. The Balaban J connectivity index is 1.76. The van der Waals surface area contributed by atoms with Gasteiger partial charge < -0.3 is 14.2 Å². The third-order valence-corrected chi connectivity index (χ3v) is 5.81. The van der Waals surface area contributed by atoms with Crippen LogP contribution in [-0.2, 0) is 22.6 Å². The third kappa shape index (κ3) is 6.87. The molecule has 0 spiro atoms. The first kappa shape index (κ1) is 25.9. The monoisotopic (exact) mass is 504 g/mol. The molecule has 0 bridgehead atoms. The minimum atomic E-state index is -2.25. The van der Waals surface area contributed by atoms with Gasteiger partial charge in [-0.15, -0.1) is 0 Å². The normalized spacial score (nSPS) is 11.9. The number of esters is 1. The molecule has 0 aliphatic heterocycles. The number of ether oxygens (including phenoxy) is 3. The molecule has 0 saturated carbocycles. The molecular formula is C27H27Cl2FO4. The minimum absolute atomic E-state index is 0.0480. The van der Waals surface area contributed by atoms with Gasteiger partial charge in [0.25, 0.3) is 0 Å². The standard InChI is InChI=1S/C27H27Cl2FO4/c1-4-32-27(31)26(30)34-20-14-23(28)22(24(29)15-20)13-19-10-11-25(21(12-19)17(2)3)33-16-18-8-6-5-7-9-18/h5-12,14-15,17,26H,4,13,16H2,1-3H3. The van der Waals surface area contributed by atoms with Crippen LogP contribution in [0.5, 0.6) is 11.5 Å². The summed E-state index contributed by atoms with van der Waals surface area (Å²) in [5.41, 5.74) is 3.86. The molecule has 7 heteroatoms. The summed E-state index contributed by atoms with van der Waals surface area (Å²) in [6.45, 7) is 6.34. The van der Waals surface area contributed by atoms with E-state index in [0.29, 0.717) is 28.6 Å². The van der Waals surface area contributed by atoms with Crippen molar-refractivity contribution in [2.45, 2.75) is 46.1 Å². The highest BCUT2D eigenvalue weighted by Crippen LogP contribution is 2.35. The van der Waals surface area contributed by atoms with Gasteiger partial charge >= 0.3 is 12.3 Å². The van der Waals surface area contributed by atoms with Gasteiger partial charge in [-0.2, -0.15) is 4.39 Å². The Hall–Kier alpha value is -2.76. The predicted octanol–water partition coefficient (Wildman–Crippen LogP) is 7.52. The topological polar surface area (TPSA) is 44.8 Å². The molecule has 4 nitrogen and oxygen atoms in total. The molecule has 1 atom stereocenters. The van der Waals surface area contributed by atoms with Crippen molar-refractivity contribution in [1.29, 1.82) is 0 Å². The quantitative estimate of drug-likeness (QED) is 0.267. The molecule has 0 N–H and O–H groups in total. The number of benzene rings is 3. The van der Waals surface area contributed by atoms with E-state index < -0.39 is 12.3 Å². The molecule has 0 aromatic heterocycles. The summed E-state index contributed by atoms with van der Waals surface area (Å²) in [5, 5.41) is 0.628. The maximum absolute atomic E-state index is 13.9. The van der Waals surface area contributed by atoms with Crippen LogP contribution in [-0.4, -0.2) is 18.9 Å². The van der Waals surface area contributed by atoms with Crippen molar-refractivity contribution in [3.63, 3.8) is 0 Å². The molecule has 0 amide bonds. The van der Waals surface area contributed by atoms with E-state index in [9.17, 15) is 9.18 Å². The zero-order chi connectivity index (χ0) is 24.7. The molecule has 0 fully saturated rings. The largest absolute Gasteiger partial charge is 0.489 e. The Morgan fingerprint density at radius 1 is 0.971 bits per heavy atom. The number of rotatable bonds is 10. The molecular weight excluding hydrogens is 478 g/mol. The van der Waals surface area contributed by atoms with Crippen molar-refractivity contribution in [1.82, 2.24) is 0 Å². The lowest BCUT2D eigenvalue weighted by atomic mass is 9.96. The maximum Gasteiger partial charge on any atom is 0.381 e. The van der Waals surface area contributed by atoms with E-state index in [0.717, 1.165) is 22.4 Å². The Morgan fingerprint density at radius 2 is 1.65 bits per heavy atom. The first-order valence-electron chi connectivity index (χ1n) is 11.0. The summed E-state index contributed by atoms with van der Waals surface area (Å²) in [7, 11) is 0. The Labute approximate surface area is 209 Å². The lowest BCUT2D eigenvalue weighted by molar-refractivity contribution is -0.159. The molecule has 0 aliphatic carbocycles. The first-order chi connectivity index (χ1) is 16.3. The van der Waals surface area contributed by atoms with E-state index >= 15 is 0 Å². The van der Waals surface area contributed by atoms with Crippen LogP contribution in [0.2, 0.25) is 10.0 Å². The highest BCUT2D eigenvalue weighted by atomic mass is 35.5. The molecule has 0 aliphatic rings. The molecule has 3 aromatic rings. The van der Waals surface area contributed by atoms with Crippen LogP contribution in [0.4, 0.5) is 4.39 Å². The van der Waals surface area contributed by atoms with Gasteiger partial charge in [-0.05, 0) is 53.3 Å². The predicted molar refractivity (Wildman–Crippen MR) is 133 cm³/mol. The van der Waals surface area contributed by atoms with Gasteiger partial charge in [-0.1, -0.05) is 79.5 Å². The van der Waals surface area contributed by atoms with Crippen LogP contribution < -0.4 is 9.47 Å². The van der Waals surface area contributed by atoms with Crippen molar-refractivity contribution >= 4 is 29.2 Å². The van der Waals surface area contributed by atoms with Crippen LogP contribution in [0, 0.1) is 0 Å². The van der Waals surface area contributed by atoms with E-state index in [1.807, 2.05) is 42.5 Å². The minimum Gasteiger partial charge on any atom is -0.489 e. The van der Waals surface area contributed by atoms with Gasteiger partial charge in [0.1, 0.15) is 18.1 Å². The fourth-order valence-electron chi connectivity index (χ4n) is 3.42. The number of carbonyl (C=O) groups excluding carboxylic acids is 1. The van der Waals surface area contributed by atoms with Crippen molar-refractivity contribution in [2.75, 3.05) is 6.61 Å². The summed E-state index contributed by atoms with van der Waals surface area (Å²) in [6.07, 6.45) is -1.79. The fourth-order valence-corrected chi connectivity index (χ4v) is 4.02. The van der Waals surface area contributed by atoms with Crippen LogP contribution in [0.15, 0.2) is 60.7 Å². The number of carbonyl (C=O) groups is 1. The Morgan fingerprint density at radius 3 is 2.26 bits per heavy atom. The molecule has 34 heavy (non-hydrogen) atoms. The maximum atomic E-state index is 13.9. The highest BCUT2D eigenvalue weighted by Gasteiger charge is 2.22. The van der Waals surface area contributed by atoms with Gasteiger partial charge in [0.2, 0.25) is 0 Å². The van der Waals surface area contributed by atoms with Gasteiger partial charge in [-0.25, -0.2) is 4.79 Å². The zero-order valence-electron chi connectivity index (χ0n) is 19.3. The van der Waals surface area contributed by atoms with Crippen molar-refractivity contribution < 1.29 is 23.4 Å². The molecule has 180 valence electrons. The first-order valence-corrected chi connectivity index (χ1v) is 11.8. The number of halogens is 3. The van der Waals surface area contributed by atoms with Crippen LogP contribution >= 0.6 is 23.2 Å². The van der Waals surface area contributed by atoms with Gasteiger partial charge in [0, 0.05) is 16.5 Å². The molecule has 0 heterocycles. The van der Waals surface area contributed by atoms with E-state index in [4.69, 9.17) is 32.7 Å².